The molecule has 5 heteroatoms. The minimum Gasteiger partial charge on any atom is -0.458 e. The average molecular weight is 269 g/mol. The number of ether oxygens (including phenoxy) is 1. The molecule has 0 amide bonds. The number of carbonyl (C=O) groups excluding carboxylic acids is 1. The minimum absolute atomic E-state index is 0.0422. The lowest BCUT2D eigenvalue weighted by Crippen LogP contribution is -2.14. The highest BCUT2D eigenvalue weighted by molar-refractivity contribution is 9.10. The zero-order valence-corrected chi connectivity index (χ0v) is 9.91. The van der Waals surface area contributed by atoms with E-state index in [2.05, 4.69) is 20.9 Å². The molecule has 0 N–H and O–H groups in total. The molecule has 15 heavy (non-hydrogen) atoms. The SMILES string of the molecule is CC(C)OC(=O)c1nccc(Br)c1C#N. The lowest BCUT2D eigenvalue weighted by molar-refractivity contribution is 0.0370. The van der Waals surface area contributed by atoms with Crippen LogP contribution in [0.4, 0.5) is 0 Å². The highest BCUT2D eigenvalue weighted by Crippen LogP contribution is 2.18. The van der Waals surface area contributed by atoms with Crippen LogP contribution in [0.1, 0.15) is 29.9 Å². The van der Waals surface area contributed by atoms with Crippen LogP contribution >= 0.6 is 15.9 Å². The molecule has 0 aliphatic rings. The van der Waals surface area contributed by atoms with Gasteiger partial charge in [-0.15, -0.1) is 0 Å². The number of hydrogen-bond acceptors (Lipinski definition) is 4. The second kappa shape index (κ2) is 4.89. The van der Waals surface area contributed by atoms with Crippen molar-refractivity contribution in [3.63, 3.8) is 0 Å². The van der Waals surface area contributed by atoms with E-state index < -0.39 is 5.97 Å². The minimum atomic E-state index is -0.581. The van der Waals surface area contributed by atoms with Gasteiger partial charge in [-0.2, -0.15) is 5.26 Å². The van der Waals surface area contributed by atoms with Crippen molar-refractivity contribution in [1.82, 2.24) is 4.98 Å². The largest absolute Gasteiger partial charge is 0.458 e. The number of aromatic nitrogens is 1. The highest BCUT2D eigenvalue weighted by Gasteiger charge is 2.17. The van der Waals surface area contributed by atoms with Gasteiger partial charge in [-0.3, -0.25) is 0 Å². The normalized spacial score (nSPS) is 9.80. The summed E-state index contributed by atoms with van der Waals surface area (Å²) in [6.07, 6.45) is 1.21. The Balaban J connectivity index is 3.10. The fourth-order valence-electron chi connectivity index (χ4n) is 0.969. The van der Waals surface area contributed by atoms with Gasteiger partial charge in [-0.1, -0.05) is 0 Å². The second-order valence-corrected chi connectivity index (χ2v) is 3.94. The number of nitriles is 1. The van der Waals surface area contributed by atoms with Crippen LogP contribution in [0.25, 0.3) is 0 Å². The Morgan fingerprint density at radius 2 is 2.33 bits per heavy atom. The summed E-state index contributed by atoms with van der Waals surface area (Å²) in [7, 11) is 0. The summed E-state index contributed by atoms with van der Waals surface area (Å²) in [5.74, 6) is -0.581. The van der Waals surface area contributed by atoms with Gasteiger partial charge in [0.1, 0.15) is 6.07 Å². The van der Waals surface area contributed by atoms with Gasteiger partial charge < -0.3 is 4.74 Å². The molecule has 0 aliphatic heterocycles. The topological polar surface area (TPSA) is 63.0 Å². The molecule has 78 valence electrons. The Hall–Kier alpha value is -1.41. The third kappa shape index (κ3) is 2.77. The zero-order chi connectivity index (χ0) is 11.4. The summed E-state index contributed by atoms with van der Waals surface area (Å²) in [4.78, 5) is 15.4. The monoisotopic (exact) mass is 268 g/mol. The van der Waals surface area contributed by atoms with Gasteiger partial charge in [-0.25, -0.2) is 9.78 Å². The molecule has 0 aliphatic carbocycles. The molecule has 1 aromatic rings. The van der Waals surface area contributed by atoms with Gasteiger partial charge in [0.05, 0.1) is 11.7 Å². The van der Waals surface area contributed by atoms with E-state index in [-0.39, 0.29) is 17.4 Å². The van der Waals surface area contributed by atoms with Crippen LogP contribution < -0.4 is 0 Å². The summed E-state index contributed by atoms with van der Waals surface area (Å²) < 4.78 is 5.50. The number of hydrogen-bond donors (Lipinski definition) is 0. The summed E-state index contributed by atoms with van der Waals surface area (Å²) in [5, 5.41) is 8.85. The lowest BCUT2D eigenvalue weighted by atomic mass is 10.2. The summed E-state index contributed by atoms with van der Waals surface area (Å²) in [6, 6.07) is 3.51. The van der Waals surface area contributed by atoms with Crippen molar-refractivity contribution in [3.8, 4) is 6.07 Å². The highest BCUT2D eigenvalue weighted by atomic mass is 79.9. The van der Waals surface area contributed by atoms with Crippen molar-refractivity contribution >= 4 is 21.9 Å². The van der Waals surface area contributed by atoms with Crippen LogP contribution in [0.2, 0.25) is 0 Å². The van der Waals surface area contributed by atoms with Gasteiger partial charge in [0.2, 0.25) is 0 Å². The van der Waals surface area contributed by atoms with Crippen LogP contribution in [0.15, 0.2) is 16.7 Å². The van der Waals surface area contributed by atoms with Gasteiger partial charge in [0.25, 0.3) is 0 Å². The molecular formula is C10H9BrN2O2. The number of halogens is 1. The van der Waals surface area contributed by atoms with E-state index >= 15 is 0 Å². The number of nitrogens with zero attached hydrogens (tertiary/aromatic N) is 2. The zero-order valence-electron chi connectivity index (χ0n) is 8.32. The summed E-state index contributed by atoms with van der Waals surface area (Å²) >= 11 is 3.17. The van der Waals surface area contributed by atoms with Crippen LogP contribution in [-0.2, 0) is 4.74 Å². The van der Waals surface area contributed by atoms with E-state index in [0.717, 1.165) is 0 Å². The van der Waals surface area contributed by atoms with Crippen molar-refractivity contribution in [2.75, 3.05) is 0 Å². The molecular weight excluding hydrogens is 260 g/mol. The molecule has 0 aromatic carbocycles. The van der Waals surface area contributed by atoms with Crippen LogP contribution in [0.5, 0.6) is 0 Å². The lowest BCUT2D eigenvalue weighted by Gasteiger charge is -2.08. The predicted octanol–water partition coefficient (Wildman–Crippen LogP) is 2.28. The maximum absolute atomic E-state index is 11.5. The number of rotatable bonds is 2. The molecule has 0 saturated carbocycles. The number of carbonyl (C=O) groups is 1. The first-order valence-electron chi connectivity index (χ1n) is 4.32. The molecule has 0 unspecified atom stereocenters. The average Bonchev–Trinajstić information content (AvgIpc) is 2.16. The molecule has 1 rings (SSSR count). The molecule has 0 bridgehead atoms. The first-order valence-corrected chi connectivity index (χ1v) is 5.11. The molecule has 0 saturated heterocycles. The van der Waals surface area contributed by atoms with E-state index in [1.165, 1.54) is 6.20 Å². The quantitative estimate of drug-likeness (QED) is 0.772. The number of esters is 1. The molecule has 0 atom stereocenters. The third-order valence-corrected chi connectivity index (χ3v) is 2.21. The van der Waals surface area contributed by atoms with E-state index in [0.29, 0.717) is 4.47 Å². The number of pyridine rings is 1. The molecule has 0 fully saturated rings. The van der Waals surface area contributed by atoms with Gasteiger partial charge in [0.15, 0.2) is 5.69 Å². The van der Waals surface area contributed by atoms with Crippen LogP contribution in [-0.4, -0.2) is 17.1 Å². The van der Waals surface area contributed by atoms with Crippen molar-refractivity contribution in [1.29, 1.82) is 5.26 Å². The molecule has 4 nitrogen and oxygen atoms in total. The first-order chi connectivity index (χ1) is 7.06. The van der Waals surface area contributed by atoms with Crippen molar-refractivity contribution in [3.05, 3.63) is 28.0 Å². The Morgan fingerprint density at radius 3 is 2.87 bits per heavy atom. The fourth-order valence-corrected chi connectivity index (χ4v) is 1.36. The second-order valence-electron chi connectivity index (χ2n) is 3.08. The Bertz CT molecular complexity index is 424. The Kier molecular flexibility index (Phi) is 3.81. The Labute approximate surface area is 96.0 Å². The Morgan fingerprint density at radius 1 is 1.67 bits per heavy atom. The van der Waals surface area contributed by atoms with E-state index in [1.807, 2.05) is 6.07 Å². The van der Waals surface area contributed by atoms with E-state index in [4.69, 9.17) is 10.00 Å². The maximum atomic E-state index is 11.5. The van der Waals surface area contributed by atoms with Gasteiger partial charge in [0, 0.05) is 10.7 Å². The summed E-state index contributed by atoms with van der Waals surface area (Å²) in [5.41, 5.74) is 0.240. The van der Waals surface area contributed by atoms with Crippen molar-refractivity contribution < 1.29 is 9.53 Å². The van der Waals surface area contributed by atoms with Crippen LogP contribution in [0.3, 0.4) is 0 Å². The van der Waals surface area contributed by atoms with Crippen LogP contribution in [0, 0.1) is 11.3 Å². The van der Waals surface area contributed by atoms with Gasteiger partial charge in [-0.05, 0) is 35.8 Å². The standard InChI is InChI=1S/C10H9BrN2O2/c1-6(2)15-10(14)9-7(5-12)8(11)3-4-13-9/h3-4,6H,1-2H3. The van der Waals surface area contributed by atoms with Crippen molar-refractivity contribution in [2.45, 2.75) is 20.0 Å². The van der Waals surface area contributed by atoms with Crippen molar-refractivity contribution in [2.24, 2.45) is 0 Å². The first kappa shape index (κ1) is 11.7. The van der Waals surface area contributed by atoms with E-state index in [1.54, 1.807) is 19.9 Å². The maximum Gasteiger partial charge on any atom is 0.358 e. The van der Waals surface area contributed by atoms with Gasteiger partial charge >= 0.3 is 5.97 Å². The molecule has 0 radical (unpaired) electrons. The smallest absolute Gasteiger partial charge is 0.358 e. The predicted molar refractivity (Wildman–Crippen MR) is 57.2 cm³/mol. The summed E-state index contributed by atoms with van der Waals surface area (Å²) in [6.45, 7) is 3.48. The third-order valence-electron chi connectivity index (χ3n) is 1.55. The molecule has 1 aromatic heterocycles. The fraction of sp³-hybridized carbons (Fsp3) is 0.300. The molecule has 0 spiro atoms. The van der Waals surface area contributed by atoms with E-state index in [9.17, 15) is 4.79 Å². The molecule has 1 heterocycles.